The van der Waals surface area contributed by atoms with Gasteiger partial charge in [-0.1, -0.05) is 31.5 Å². The number of unbranched alkanes of at least 4 members (excludes halogenated alkanes) is 2. The summed E-state index contributed by atoms with van der Waals surface area (Å²) in [5.41, 5.74) is 1.95. The highest BCUT2D eigenvalue weighted by Crippen LogP contribution is 2.60. The molecule has 0 unspecified atom stereocenters. The van der Waals surface area contributed by atoms with Crippen LogP contribution >= 0.6 is 0 Å². The molecule has 0 spiro atoms. The Kier molecular flexibility index (Phi) is 8.24. The van der Waals surface area contributed by atoms with Crippen LogP contribution in [0.2, 0.25) is 0 Å². The molecule has 0 radical (unpaired) electrons. The van der Waals surface area contributed by atoms with Crippen molar-refractivity contribution in [2.24, 2.45) is 23.2 Å². The lowest BCUT2D eigenvalue weighted by molar-refractivity contribution is -0.0967. The number of hydrogen-bond donors (Lipinski definition) is 0. The van der Waals surface area contributed by atoms with E-state index in [1.165, 1.54) is 38.5 Å². The molecule has 4 saturated carbocycles. The van der Waals surface area contributed by atoms with Crippen LogP contribution in [-0.4, -0.2) is 51.1 Å². The third-order valence-corrected chi connectivity index (χ3v) is 10.4. The monoisotopic (exact) mass is 583 g/mol. The van der Waals surface area contributed by atoms with Gasteiger partial charge in [-0.2, -0.15) is 8.42 Å². The molecule has 0 N–H and O–H groups in total. The molecule has 1 heterocycles. The highest BCUT2D eigenvalue weighted by atomic mass is 32.2. The van der Waals surface area contributed by atoms with Gasteiger partial charge in [0.1, 0.15) is 0 Å². The topological polar surface area (TPSA) is 99.2 Å². The summed E-state index contributed by atoms with van der Waals surface area (Å²) in [6.45, 7) is 3.80. The standard InChI is InChI=1S/C32H41NO7S/c1-2-3-7-25-10-11-28-29-26(25)8-6-9-27(29)30(34)33(31(28)35)40-41(36,37)21-39-13-5-4-12-38-20-32-17-22-14-23(18-32)16-24(15-22)19-32/h6,8-11,22-24H,2-5,7,12-21H2,1H3. The van der Waals surface area contributed by atoms with Crippen LogP contribution in [0.15, 0.2) is 30.3 Å². The normalized spacial score (nSPS) is 26.9. The molecule has 1 aliphatic heterocycles. The SMILES string of the molecule is CCCCc1ccc2c3c(cccc13)C(=O)N(OS(=O)(=O)COCCCCOCC13CC4CC(CC(C4)C1)C3)C2=O. The summed E-state index contributed by atoms with van der Waals surface area (Å²) in [6.07, 6.45) is 12.5. The van der Waals surface area contributed by atoms with Crippen molar-refractivity contribution in [1.82, 2.24) is 5.06 Å². The van der Waals surface area contributed by atoms with Gasteiger partial charge in [0.05, 0.1) is 17.7 Å². The number of amides is 2. The highest BCUT2D eigenvalue weighted by molar-refractivity contribution is 7.86. The van der Waals surface area contributed by atoms with E-state index < -0.39 is 27.9 Å². The van der Waals surface area contributed by atoms with Gasteiger partial charge in [0.15, 0.2) is 5.94 Å². The Labute approximate surface area is 242 Å². The highest BCUT2D eigenvalue weighted by Gasteiger charge is 2.50. The summed E-state index contributed by atoms with van der Waals surface area (Å²) in [4.78, 5) is 26.3. The van der Waals surface area contributed by atoms with Crippen molar-refractivity contribution in [2.45, 2.75) is 77.6 Å². The predicted molar refractivity (Wildman–Crippen MR) is 155 cm³/mol. The van der Waals surface area contributed by atoms with Gasteiger partial charge >= 0.3 is 10.1 Å². The Morgan fingerprint density at radius 1 is 0.854 bits per heavy atom. The Balaban J connectivity index is 0.963. The van der Waals surface area contributed by atoms with E-state index in [0.717, 1.165) is 61.0 Å². The fourth-order valence-corrected chi connectivity index (χ4v) is 8.97. The molecule has 0 aromatic heterocycles. The molecule has 4 bridgehead atoms. The summed E-state index contributed by atoms with van der Waals surface area (Å²) in [6, 6.07) is 8.75. The number of imide groups is 1. The Morgan fingerprint density at radius 3 is 2.15 bits per heavy atom. The quantitative estimate of drug-likeness (QED) is 0.198. The van der Waals surface area contributed by atoms with Crippen molar-refractivity contribution >= 4 is 32.7 Å². The molecule has 0 saturated heterocycles. The van der Waals surface area contributed by atoms with Crippen molar-refractivity contribution in [3.05, 3.63) is 47.0 Å². The van der Waals surface area contributed by atoms with Gasteiger partial charge in [0.2, 0.25) is 0 Å². The Hall–Kier alpha value is -2.33. The van der Waals surface area contributed by atoms with E-state index in [4.69, 9.17) is 13.8 Å². The minimum Gasteiger partial charge on any atom is -0.381 e. The fraction of sp³-hybridized carbons (Fsp3) is 0.625. The second kappa shape index (κ2) is 11.7. The molecule has 41 heavy (non-hydrogen) atoms. The van der Waals surface area contributed by atoms with Crippen LogP contribution in [0.4, 0.5) is 0 Å². The molecule has 2 aromatic carbocycles. The Morgan fingerprint density at radius 2 is 1.49 bits per heavy atom. The zero-order chi connectivity index (χ0) is 28.6. The van der Waals surface area contributed by atoms with E-state index >= 15 is 0 Å². The van der Waals surface area contributed by atoms with Crippen molar-refractivity contribution in [2.75, 3.05) is 25.8 Å². The number of benzene rings is 2. The molecule has 4 aliphatic carbocycles. The lowest BCUT2D eigenvalue weighted by Gasteiger charge is -2.56. The van der Waals surface area contributed by atoms with Crippen molar-refractivity contribution in [1.29, 1.82) is 0 Å². The van der Waals surface area contributed by atoms with E-state index in [2.05, 4.69) is 6.92 Å². The Bertz CT molecular complexity index is 1360. The number of aryl methyl sites for hydroxylation is 1. The summed E-state index contributed by atoms with van der Waals surface area (Å²) >= 11 is 0. The van der Waals surface area contributed by atoms with E-state index in [1.54, 1.807) is 18.2 Å². The summed E-state index contributed by atoms with van der Waals surface area (Å²) in [5, 5.41) is 1.73. The number of carbonyl (C=O) groups is 2. The first-order valence-corrected chi connectivity index (χ1v) is 16.9. The van der Waals surface area contributed by atoms with Crippen LogP contribution in [0.5, 0.6) is 0 Å². The van der Waals surface area contributed by atoms with E-state index in [-0.39, 0.29) is 17.7 Å². The third-order valence-electron chi connectivity index (χ3n) is 9.58. The lowest BCUT2D eigenvalue weighted by Crippen LogP contribution is -2.48. The maximum Gasteiger partial charge on any atom is 0.313 e. The van der Waals surface area contributed by atoms with E-state index in [1.807, 2.05) is 12.1 Å². The second-order valence-corrected chi connectivity index (χ2v) is 14.3. The van der Waals surface area contributed by atoms with Crippen LogP contribution in [0, 0.1) is 23.2 Å². The first-order chi connectivity index (χ1) is 19.8. The van der Waals surface area contributed by atoms with Gasteiger partial charge in [-0.15, -0.1) is 9.35 Å². The zero-order valence-electron chi connectivity index (χ0n) is 23.9. The first kappa shape index (κ1) is 28.8. The smallest absolute Gasteiger partial charge is 0.313 e. The van der Waals surface area contributed by atoms with Gasteiger partial charge in [-0.3, -0.25) is 9.59 Å². The minimum atomic E-state index is -4.33. The molecule has 2 aromatic rings. The molecule has 4 fully saturated rings. The number of rotatable bonds is 14. The predicted octanol–water partition coefficient (Wildman–Crippen LogP) is 6.03. The molecule has 222 valence electrons. The minimum absolute atomic E-state index is 0.216. The third kappa shape index (κ3) is 5.96. The lowest BCUT2D eigenvalue weighted by atomic mass is 9.50. The number of carbonyl (C=O) groups excluding carboxylic acids is 2. The maximum absolute atomic E-state index is 13.2. The van der Waals surface area contributed by atoms with Crippen LogP contribution in [0.1, 0.15) is 97.4 Å². The van der Waals surface area contributed by atoms with Gasteiger partial charge in [-0.25, -0.2) is 0 Å². The van der Waals surface area contributed by atoms with E-state index in [9.17, 15) is 18.0 Å². The van der Waals surface area contributed by atoms with Crippen LogP contribution in [0.3, 0.4) is 0 Å². The maximum atomic E-state index is 13.2. The van der Waals surface area contributed by atoms with Gasteiger partial charge < -0.3 is 9.47 Å². The van der Waals surface area contributed by atoms with Crippen molar-refractivity contribution in [3.8, 4) is 0 Å². The van der Waals surface area contributed by atoms with Crippen LogP contribution < -0.4 is 0 Å². The van der Waals surface area contributed by atoms with Gasteiger partial charge in [0.25, 0.3) is 11.8 Å². The summed E-state index contributed by atoms with van der Waals surface area (Å²) in [7, 11) is -4.33. The van der Waals surface area contributed by atoms with Crippen molar-refractivity contribution < 1.29 is 31.8 Å². The average Bonchev–Trinajstić information content (AvgIpc) is 2.93. The van der Waals surface area contributed by atoms with Crippen molar-refractivity contribution in [3.63, 3.8) is 0 Å². The van der Waals surface area contributed by atoms with Gasteiger partial charge in [0, 0.05) is 18.6 Å². The largest absolute Gasteiger partial charge is 0.381 e. The fourth-order valence-electron chi connectivity index (χ4n) is 8.25. The molecular weight excluding hydrogens is 542 g/mol. The molecular formula is C32H41NO7S. The number of hydrogen-bond acceptors (Lipinski definition) is 7. The molecule has 0 atom stereocenters. The first-order valence-electron chi connectivity index (χ1n) is 15.3. The molecule has 9 heteroatoms. The van der Waals surface area contributed by atoms with E-state index in [0.29, 0.717) is 28.9 Å². The second-order valence-electron chi connectivity index (χ2n) is 12.8. The number of hydroxylamine groups is 2. The summed E-state index contributed by atoms with van der Waals surface area (Å²) < 4.78 is 41.7. The zero-order valence-corrected chi connectivity index (χ0v) is 24.8. The molecule has 5 aliphatic rings. The van der Waals surface area contributed by atoms with Crippen LogP contribution in [0.25, 0.3) is 10.8 Å². The van der Waals surface area contributed by atoms with Gasteiger partial charge in [-0.05, 0) is 110 Å². The number of nitrogens with zero attached hydrogens (tertiary/aromatic N) is 1. The molecule has 2 amide bonds. The van der Waals surface area contributed by atoms with Crippen LogP contribution in [-0.2, 0) is 30.3 Å². The molecule has 7 rings (SSSR count). The summed E-state index contributed by atoms with van der Waals surface area (Å²) in [5.74, 6) is 0.394. The average molecular weight is 584 g/mol. The number of ether oxygens (including phenoxy) is 2. The molecule has 8 nitrogen and oxygen atoms in total.